The number of unbranched alkanes of at least 4 members (excludes halogenated alkanes) is 1. The van der Waals surface area contributed by atoms with Crippen molar-refractivity contribution in [2.75, 3.05) is 0 Å². The third kappa shape index (κ3) is 83.7. The van der Waals surface area contributed by atoms with Crippen molar-refractivity contribution < 1.29 is 34.1 Å². The molecule has 1 N–H and O–H groups in total. The van der Waals surface area contributed by atoms with Crippen LogP contribution in [0.2, 0.25) is 0 Å². The Labute approximate surface area is 85.4 Å². The van der Waals surface area contributed by atoms with E-state index in [1.165, 1.54) is 0 Å². The monoisotopic (exact) mass is 228 g/mol. The van der Waals surface area contributed by atoms with Gasteiger partial charge in [-0.15, -0.1) is 0 Å². The quantitative estimate of drug-likeness (QED) is 0.439. The molecular formula is C8H10NiO4. The first-order valence-corrected chi connectivity index (χ1v) is 3.55. The SMILES string of the molecule is CCCC[C](O)=[Ni].[C-]#[O+].[C-]#[O+].[C-]#[O+]. The molecule has 0 rings (SSSR count). The molecule has 0 heterocycles. The molecule has 0 aliphatic carbocycles. The first-order valence-electron chi connectivity index (χ1n) is 3.05. The molecule has 0 spiro atoms. The summed E-state index contributed by atoms with van der Waals surface area (Å²) in [5, 5.41) is 8.43. The summed E-state index contributed by atoms with van der Waals surface area (Å²) in [7, 11) is 0. The van der Waals surface area contributed by atoms with Gasteiger partial charge < -0.3 is 0 Å². The Morgan fingerprint density at radius 1 is 1.15 bits per heavy atom. The second-order valence-electron chi connectivity index (χ2n) is 1.44. The van der Waals surface area contributed by atoms with Gasteiger partial charge in [0.15, 0.2) is 0 Å². The number of hydrogen-bond acceptors (Lipinski definition) is 1. The Bertz CT molecular complexity index is 134. The van der Waals surface area contributed by atoms with Gasteiger partial charge in [-0.05, 0) is 0 Å². The normalized spacial score (nSPS) is 5.38. The van der Waals surface area contributed by atoms with Gasteiger partial charge in [-0.2, -0.15) is 0 Å². The van der Waals surface area contributed by atoms with Gasteiger partial charge in [-0.25, -0.2) is 0 Å². The van der Waals surface area contributed by atoms with Crippen molar-refractivity contribution in [1.29, 1.82) is 0 Å². The van der Waals surface area contributed by atoms with Crippen LogP contribution in [0.4, 0.5) is 0 Å². The van der Waals surface area contributed by atoms with Crippen LogP contribution in [0.25, 0.3) is 0 Å². The molecule has 0 radical (unpaired) electrons. The molecule has 0 saturated carbocycles. The molecule has 13 heavy (non-hydrogen) atoms. The van der Waals surface area contributed by atoms with Crippen LogP contribution in [-0.2, 0) is 29.0 Å². The van der Waals surface area contributed by atoms with Crippen LogP contribution in [0.1, 0.15) is 26.2 Å². The molecule has 0 saturated heterocycles. The van der Waals surface area contributed by atoms with Crippen molar-refractivity contribution in [3.63, 3.8) is 0 Å². The predicted molar refractivity (Wildman–Crippen MR) is 38.3 cm³/mol. The summed E-state index contributed by atoms with van der Waals surface area (Å²) in [4.78, 5) is 0. The van der Waals surface area contributed by atoms with Crippen molar-refractivity contribution in [1.82, 2.24) is 0 Å². The van der Waals surface area contributed by atoms with Crippen LogP contribution in [0, 0.1) is 20.0 Å². The predicted octanol–water partition coefficient (Wildman–Crippen LogP) is 1.11. The van der Waals surface area contributed by atoms with E-state index in [0.29, 0.717) is 6.42 Å². The van der Waals surface area contributed by atoms with Gasteiger partial charge in [0.05, 0.1) is 0 Å². The van der Waals surface area contributed by atoms with Gasteiger partial charge in [0.25, 0.3) is 0 Å². The molecule has 0 unspecified atom stereocenters. The van der Waals surface area contributed by atoms with Crippen LogP contribution in [0.15, 0.2) is 0 Å². The van der Waals surface area contributed by atoms with Crippen molar-refractivity contribution in [3.05, 3.63) is 20.0 Å². The second-order valence-corrected chi connectivity index (χ2v) is 2.01. The van der Waals surface area contributed by atoms with Gasteiger partial charge in [-0.1, -0.05) is 0 Å². The number of hydrogen-bond donors (Lipinski definition) is 1. The Hall–Kier alpha value is -0.456. The molecule has 76 valence electrons. The van der Waals surface area contributed by atoms with Crippen LogP contribution in [0.3, 0.4) is 0 Å². The fourth-order valence-corrected chi connectivity index (χ4v) is 0.486. The molecule has 0 aromatic heterocycles. The molecule has 0 fully saturated rings. The molecule has 0 amide bonds. The number of aliphatic hydroxyl groups is 1. The fourth-order valence-electron chi connectivity index (χ4n) is 0.312. The van der Waals surface area contributed by atoms with Gasteiger partial charge in [0.1, 0.15) is 0 Å². The molecular weight excluding hydrogens is 219 g/mol. The summed E-state index contributed by atoms with van der Waals surface area (Å²) in [6.07, 6.45) is 2.83. The van der Waals surface area contributed by atoms with Crippen molar-refractivity contribution in [2.24, 2.45) is 0 Å². The average molecular weight is 229 g/mol. The van der Waals surface area contributed by atoms with Crippen molar-refractivity contribution in [3.8, 4) is 0 Å². The minimum atomic E-state index is 0.182. The van der Waals surface area contributed by atoms with Gasteiger partial charge in [-0.3, -0.25) is 0 Å². The fraction of sp³-hybridized carbons (Fsp3) is 0.500. The average Bonchev–Trinajstić information content (AvgIpc) is 2.24. The second kappa shape index (κ2) is 41.8. The van der Waals surface area contributed by atoms with Crippen LogP contribution < -0.4 is 0 Å². The van der Waals surface area contributed by atoms with Crippen LogP contribution >= 0.6 is 0 Å². The Morgan fingerprint density at radius 3 is 1.54 bits per heavy atom. The van der Waals surface area contributed by atoms with E-state index in [0.717, 1.165) is 12.8 Å². The van der Waals surface area contributed by atoms with Crippen molar-refractivity contribution in [2.45, 2.75) is 26.2 Å². The maximum absolute atomic E-state index is 8.43. The molecule has 0 aliphatic heterocycles. The maximum atomic E-state index is 8.43. The standard InChI is InChI=1S/C5H10O.3CO.Ni/c1-2-3-4-5-6;3*1-2;/h6H,2-4H2,1H3;;;;. The Balaban J connectivity index is -0.0000000573. The third-order valence-corrected chi connectivity index (χ3v) is 0.968. The molecule has 0 bridgehead atoms. The summed E-state index contributed by atoms with van der Waals surface area (Å²) in [5.41, 5.74) is 0. The zero-order valence-corrected chi connectivity index (χ0v) is 8.10. The summed E-state index contributed by atoms with van der Waals surface area (Å²) >= 11 is 4.15. The van der Waals surface area contributed by atoms with Crippen molar-refractivity contribution >= 4 is 4.68 Å². The van der Waals surface area contributed by atoms with E-state index in [4.69, 9.17) is 19.1 Å². The van der Waals surface area contributed by atoms with Crippen LogP contribution in [0.5, 0.6) is 0 Å². The van der Waals surface area contributed by atoms with Crippen LogP contribution in [-0.4, -0.2) is 9.78 Å². The molecule has 0 atom stereocenters. The molecule has 5 heteroatoms. The topological polar surface area (TPSA) is 79.9 Å². The van der Waals surface area contributed by atoms with Gasteiger partial charge in [0, 0.05) is 0 Å². The van der Waals surface area contributed by atoms with E-state index < -0.39 is 0 Å². The molecule has 4 nitrogen and oxygen atoms in total. The van der Waals surface area contributed by atoms with E-state index in [9.17, 15) is 0 Å². The van der Waals surface area contributed by atoms with Gasteiger partial charge >= 0.3 is 84.9 Å². The van der Waals surface area contributed by atoms with E-state index in [1.807, 2.05) is 0 Å². The van der Waals surface area contributed by atoms with E-state index in [2.05, 4.69) is 41.9 Å². The summed E-state index contributed by atoms with van der Waals surface area (Å²) in [6, 6.07) is 0. The Morgan fingerprint density at radius 2 is 1.46 bits per heavy atom. The summed E-state index contributed by atoms with van der Waals surface area (Å²) < 4.78 is 22.7. The first-order chi connectivity index (χ1) is 6.27. The number of aliphatic hydroxyl groups excluding tert-OH is 1. The van der Waals surface area contributed by atoms with E-state index in [1.54, 1.807) is 0 Å². The third-order valence-electron chi connectivity index (χ3n) is 0.721. The first kappa shape index (κ1) is 22.9. The molecule has 0 aromatic rings. The van der Waals surface area contributed by atoms with E-state index >= 15 is 0 Å². The zero-order valence-electron chi connectivity index (χ0n) is 7.11. The number of rotatable bonds is 3. The van der Waals surface area contributed by atoms with E-state index in [-0.39, 0.29) is 4.68 Å². The summed E-state index contributed by atoms with van der Waals surface area (Å²) in [5.74, 6) is 0. The Kier molecular flexibility index (Phi) is 73.6. The molecule has 0 aliphatic rings. The zero-order chi connectivity index (χ0) is 11.7. The molecule has 0 aromatic carbocycles. The summed E-state index contributed by atoms with van der Waals surface area (Å²) in [6.45, 7) is 15.6. The van der Waals surface area contributed by atoms with Gasteiger partial charge in [0.2, 0.25) is 0 Å². The minimum absolute atomic E-state index is 0.182.